The van der Waals surface area contributed by atoms with E-state index in [-0.39, 0.29) is 0 Å². The van der Waals surface area contributed by atoms with Crippen LogP contribution >= 0.6 is 0 Å². The molecule has 2 aliphatic carbocycles. The van der Waals surface area contributed by atoms with Crippen molar-refractivity contribution in [1.82, 2.24) is 0 Å². The SMILES string of the molecule is C[Si](C1=CC=CC1)(C1=CC=CC1)c1ccc(N([Si](C)(C)C)[Si](C)(C)C)cc1. The van der Waals surface area contributed by atoms with E-state index >= 15 is 0 Å². The summed E-state index contributed by atoms with van der Waals surface area (Å²) >= 11 is 0. The normalized spacial score (nSPS) is 17.3. The molecule has 0 saturated heterocycles. The highest BCUT2D eigenvalue weighted by molar-refractivity contribution is 7.02. The van der Waals surface area contributed by atoms with Gasteiger partial charge in [-0.15, -0.1) is 0 Å². The van der Waals surface area contributed by atoms with Crippen LogP contribution in [0.5, 0.6) is 0 Å². The lowest BCUT2D eigenvalue weighted by molar-refractivity contribution is 1.31. The Balaban J connectivity index is 2.02. The summed E-state index contributed by atoms with van der Waals surface area (Å²) in [7, 11) is -4.63. The van der Waals surface area contributed by atoms with Crippen LogP contribution in [0.15, 0.2) is 71.1 Å². The lowest BCUT2D eigenvalue weighted by Crippen LogP contribution is -2.59. The molecule has 4 heteroatoms. The van der Waals surface area contributed by atoms with E-state index < -0.39 is 24.5 Å². The number of hydrogen-bond donors (Lipinski definition) is 0. The molecule has 0 aromatic heterocycles. The molecule has 0 aliphatic heterocycles. The molecule has 1 aromatic carbocycles. The largest absolute Gasteiger partial charge is 0.425 e. The predicted molar refractivity (Wildman–Crippen MR) is 131 cm³/mol. The molecule has 27 heavy (non-hydrogen) atoms. The van der Waals surface area contributed by atoms with Gasteiger partial charge in [0.1, 0.15) is 24.5 Å². The first-order valence-electron chi connectivity index (χ1n) is 10.2. The standard InChI is InChI=1S/C23H35NSi3/c1-25(2,3)24(26(4,5)6)20-16-18-23(19-17-20)27(7,21-12-8-9-13-21)22-14-10-11-15-22/h8-12,14,16-19H,13,15H2,1-7H3. The van der Waals surface area contributed by atoms with Gasteiger partial charge in [0.05, 0.1) is 0 Å². The highest BCUT2D eigenvalue weighted by Crippen LogP contribution is 2.34. The van der Waals surface area contributed by atoms with Crippen LogP contribution in [0.2, 0.25) is 45.8 Å². The molecule has 144 valence electrons. The molecule has 1 nitrogen and oxygen atoms in total. The zero-order valence-electron chi connectivity index (χ0n) is 18.1. The van der Waals surface area contributed by atoms with Crippen molar-refractivity contribution in [3.05, 3.63) is 71.1 Å². The van der Waals surface area contributed by atoms with Gasteiger partial charge in [-0.05, 0) is 25.0 Å². The van der Waals surface area contributed by atoms with Crippen molar-refractivity contribution in [3.8, 4) is 0 Å². The maximum atomic E-state index is 2.81. The average molecular weight is 410 g/mol. The van der Waals surface area contributed by atoms with E-state index in [1.165, 1.54) is 5.69 Å². The van der Waals surface area contributed by atoms with Crippen LogP contribution in [0.4, 0.5) is 5.69 Å². The number of rotatable bonds is 6. The molecule has 0 bridgehead atoms. The molecule has 0 radical (unpaired) electrons. The summed E-state index contributed by atoms with van der Waals surface area (Å²) in [5.41, 5.74) is 1.44. The van der Waals surface area contributed by atoms with Crippen molar-refractivity contribution in [2.45, 2.75) is 58.7 Å². The number of benzene rings is 1. The second kappa shape index (κ2) is 7.23. The molecular formula is C23H35NSi3. The third-order valence-corrected chi connectivity index (χ3v) is 17.9. The molecule has 0 fully saturated rings. The van der Waals surface area contributed by atoms with E-state index in [0.717, 1.165) is 12.8 Å². The van der Waals surface area contributed by atoms with Crippen LogP contribution in [-0.2, 0) is 0 Å². The van der Waals surface area contributed by atoms with Gasteiger partial charge in [-0.3, -0.25) is 0 Å². The molecule has 3 rings (SSSR count). The fourth-order valence-electron chi connectivity index (χ4n) is 4.94. The van der Waals surface area contributed by atoms with Crippen LogP contribution in [-0.4, -0.2) is 24.5 Å². The first-order chi connectivity index (χ1) is 12.5. The van der Waals surface area contributed by atoms with Gasteiger partial charge in [0.15, 0.2) is 0 Å². The van der Waals surface area contributed by atoms with Gasteiger partial charge >= 0.3 is 0 Å². The van der Waals surface area contributed by atoms with Crippen LogP contribution in [0.1, 0.15) is 12.8 Å². The maximum Gasteiger partial charge on any atom is 0.138 e. The predicted octanol–water partition coefficient (Wildman–Crippen LogP) is 6.30. The molecule has 2 aliphatic rings. The Labute approximate surface area is 169 Å². The van der Waals surface area contributed by atoms with Gasteiger partial charge in [-0.25, -0.2) is 0 Å². The van der Waals surface area contributed by atoms with Gasteiger partial charge in [0, 0.05) is 5.69 Å². The maximum absolute atomic E-state index is 2.81. The van der Waals surface area contributed by atoms with E-state index in [1.807, 2.05) is 0 Å². The first-order valence-corrected chi connectivity index (χ1v) is 19.6. The molecule has 0 N–H and O–H groups in total. The Morgan fingerprint density at radius 2 is 1.11 bits per heavy atom. The minimum absolute atomic E-state index is 1.12. The second-order valence-electron chi connectivity index (χ2n) is 10.00. The summed E-state index contributed by atoms with van der Waals surface area (Å²) in [6, 6.07) is 9.74. The summed E-state index contributed by atoms with van der Waals surface area (Å²) < 4.78 is 2.81. The van der Waals surface area contributed by atoms with Crippen LogP contribution < -0.4 is 9.42 Å². The number of allylic oxidation sites excluding steroid dienone is 8. The quantitative estimate of drug-likeness (QED) is 0.498. The summed E-state index contributed by atoms with van der Waals surface area (Å²) in [5.74, 6) is 0. The molecule has 0 amide bonds. The van der Waals surface area contributed by atoms with Gasteiger partial charge in [0.25, 0.3) is 0 Å². The highest BCUT2D eigenvalue weighted by Gasteiger charge is 2.39. The third kappa shape index (κ3) is 3.93. The molecule has 0 saturated carbocycles. The van der Waals surface area contributed by atoms with E-state index in [4.69, 9.17) is 0 Å². The smallest absolute Gasteiger partial charge is 0.138 e. The van der Waals surface area contributed by atoms with Gasteiger partial charge in [-0.1, -0.05) is 110 Å². The Bertz CT molecular complexity index is 771. The zero-order chi connectivity index (χ0) is 19.9. The Kier molecular flexibility index (Phi) is 5.45. The average Bonchev–Trinajstić information content (AvgIpc) is 3.26. The van der Waals surface area contributed by atoms with Gasteiger partial charge in [0.2, 0.25) is 0 Å². The minimum atomic E-state index is -1.81. The summed E-state index contributed by atoms with van der Waals surface area (Å²) in [4.78, 5) is 0. The molecule has 0 unspecified atom stereocenters. The lowest BCUT2D eigenvalue weighted by Gasteiger charge is -2.46. The molecule has 1 aromatic rings. The summed E-state index contributed by atoms with van der Waals surface area (Å²) in [6.45, 7) is 17.4. The van der Waals surface area contributed by atoms with Crippen LogP contribution in [0.3, 0.4) is 0 Å². The Morgan fingerprint density at radius 1 is 0.667 bits per heavy atom. The Morgan fingerprint density at radius 3 is 1.44 bits per heavy atom. The summed E-state index contributed by atoms with van der Waals surface area (Å²) in [6.07, 6.45) is 16.1. The van der Waals surface area contributed by atoms with Crippen molar-refractivity contribution < 1.29 is 0 Å². The number of nitrogens with zero attached hydrogens (tertiary/aromatic N) is 1. The van der Waals surface area contributed by atoms with E-state index in [1.54, 1.807) is 15.6 Å². The van der Waals surface area contributed by atoms with Crippen molar-refractivity contribution in [2.24, 2.45) is 0 Å². The van der Waals surface area contributed by atoms with Crippen molar-refractivity contribution >= 4 is 35.4 Å². The van der Waals surface area contributed by atoms with E-state index in [2.05, 4.69) is 111 Å². The van der Waals surface area contributed by atoms with Crippen molar-refractivity contribution in [2.75, 3.05) is 4.23 Å². The number of anilines is 1. The van der Waals surface area contributed by atoms with Crippen molar-refractivity contribution in [1.29, 1.82) is 0 Å². The molecule has 0 atom stereocenters. The topological polar surface area (TPSA) is 3.24 Å². The molecular weight excluding hydrogens is 375 g/mol. The van der Waals surface area contributed by atoms with Crippen LogP contribution in [0, 0.1) is 0 Å². The zero-order valence-corrected chi connectivity index (χ0v) is 21.1. The van der Waals surface area contributed by atoms with Gasteiger partial charge in [-0.2, -0.15) is 0 Å². The second-order valence-corrected chi connectivity index (χ2v) is 24.1. The van der Waals surface area contributed by atoms with E-state index in [9.17, 15) is 0 Å². The minimum Gasteiger partial charge on any atom is -0.425 e. The highest BCUT2D eigenvalue weighted by atomic mass is 28.4. The monoisotopic (exact) mass is 409 g/mol. The van der Waals surface area contributed by atoms with Gasteiger partial charge < -0.3 is 4.23 Å². The molecule has 0 spiro atoms. The fraction of sp³-hybridized carbons (Fsp3) is 0.391. The van der Waals surface area contributed by atoms with E-state index in [0.29, 0.717) is 0 Å². The molecule has 0 heterocycles. The number of hydrogen-bond acceptors (Lipinski definition) is 1. The fourth-order valence-corrected chi connectivity index (χ4v) is 18.7. The summed E-state index contributed by atoms with van der Waals surface area (Å²) in [5, 5.41) is 4.86. The third-order valence-electron chi connectivity index (χ3n) is 5.87. The lowest BCUT2D eigenvalue weighted by atomic mass is 10.3. The van der Waals surface area contributed by atoms with Crippen molar-refractivity contribution in [3.63, 3.8) is 0 Å². The first kappa shape index (κ1) is 20.4. The van der Waals surface area contributed by atoms with Crippen LogP contribution in [0.25, 0.3) is 0 Å². The Hall–Kier alpha value is -1.37.